The number of anilines is 1. The van der Waals surface area contributed by atoms with Crippen LogP contribution in [-0.4, -0.2) is 18.1 Å². The molecule has 0 spiro atoms. The summed E-state index contributed by atoms with van der Waals surface area (Å²) in [7, 11) is 0. The van der Waals surface area contributed by atoms with Crippen LogP contribution in [0.1, 0.15) is 32.3 Å². The molecule has 17 heavy (non-hydrogen) atoms. The van der Waals surface area contributed by atoms with Gasteiger partial charge in [0.2, 0.25) is 0 Å². The van der Waals surface area contributed by atoms with E-state index in [-0.39, 0.29) is 0 Å². The maximum Gasteiger partial charge on any atom is 0.106 e. The van der Waals surface area contributed by atoms with Gasteiger partial charge < -0.3 is 10.6 Å². The minimum absolute atomic E-state index is 0.403. The van der Waals surface area contributed by atoms with Crippen LogP contribution in [-0.2, 0) is 0 Å². The van der Waals surface area contributed by atoms with Gasteiger partial charge in [-0.1, -0.05) is 37.7 Å². The number of hydrogen-bond donors (Lipinski definition) is 1. The number of nitrogens with zero attached hydrogens (tertiary/aromatic N) is 1. The molecule has 0 unspecified atom stereocenters. The molecular formula is C13H19ClN2S. The largest absolute Gasteiger partial charge is 0.389 e. The van der Waals surface area contributed by atoms with Crippen molar-refractivity contribution in [1.82, 2.24) is 0 Å². The highest BCUT2D eigenvalue weighted by molar-refractivity contribution is 7.80. The molecule has 0 saturated heterocycles. The molecule has 0 aliphatic carbocycles. The highest BCUT2D eigenvalue weighted by Gasteiger charge is 2.12. The monoisotopic (exact) mass is 270 g/mol. The molecule has 1 rings (SSSR count). The van der Waals surface area contributed by atoms with E-state index in [1.54, 1.807) is 0 Å². The van der Waals surface area contributed by atoms with Crippen molar-refractivity contribution in [2.45, 2.75) is 26.7 Å². The Morgan fingerprint density at radius 1 is 1.29 bits per heavy atom. The Balaban J connectivity index is 3.12. The predicted octanol–water partition coefficient (Wildman–Crippen LogP) is 3.60. The first-order valence-electron chi connectivity index (χ1n) is 5.94. The van der Waals surface area contributed by atoms with Crippen LogP contribution in [0, 0.1) is 0 Å². The van der Waals surface area contributed by atoms with Crippen LogP contribution in [0.5, 0.6) is 0 Å². The quantitative estimate of drug-likeness (QED) is 0.801. The minimum atomic E-state index is 0.403. The van der Waals surface area contributed by atoms with Crippen molar-refractivity contribution in [1.29, 1.82) is 0 Å². The third-order valence-electron chi connectivity index (χ3n) is 2.55. The number of rotatable bonds is 6. The lowest BCUT2D eigenvalue weighted by Gasteiger charge is -2.26. The summed E-state index contributed by atoms with van der Waals surface area (Å²) in [5.74, 6) is 0. The van der Waals surface area contributed by atoms with Crippen LogP contribution in [0.3, 0.4) is 0 Å². The van der Waals surface area contributed by atoms with E-state index in [1.807, 2.05) is 18.2 Å². The summed E-state index contributed by atoms with van der Waals surface area (Å²) in [5.41, 5.74) is 7.72. The normalized spacial score (nSPS) is 10.3. The molecular weight excluding hydrogens is 252 g/mol. The van der Waals surface area contributed by atoms with E-state index >= 15 is 0 Å². The first-order valence-corrected chi connectivity index (χ1v) is 6.73. The molecule has 0 radical (unpaired) electrons. The lowest BCUT2D eigenvalue weighted by atomic mass is 10.1. The van der Waals surface area contributed by atoms with Gasteiger partial charge in [-0.25, -0.2) is 0 Å². The molecule has 2 nitrogen and oxygen atoms in total. The molecule has 94 valence electrons. The fourth-order valence-electron chi connectivity index (χ4n) is 1.87. The highest BCUT2D eigenvalue weighted by Crippen LogP contribution is 2.25. The molecule has 0 amide bonds. The van der Waals surface area contributed by atoms with E-state index in [0.717, 1.165) is 37.2 Å². The van der Waals surface area contributed by atoms with Crippen LogP contribution in [0.2, 0.25) is 5.02 Å². The molecule has 0 heterocycles. The Labute approximate surface area is 114 Å². The van der Waals surface area contributed by atoms with E-state index < -0.39 is 0 Å². The summed E-state index contributed by atoms with van der Waals surface area (Å²) >= 11 is 11.1. The number of halogens is 1. The SMILES string of the molecule is CCCN(CCC)c1ccc(Cl)cc1C(N)=S. The summed E-state index contributed by atoms with van der Waals surface area (Å²) in [6.07, 6.45) is 2.19. The second kappa shape index (κ2) is 6.82. The van der Waals surface area contributed by atoms with Gasteiger partial charge in [-0.2, -0.15) is 0 Å². The zero-order valence-corrected chi connectivity index (χ0v) is 11.9. The maximum absolute atomic E-state index is 5.99. The average Bonchev–Trinajstić information content (AvgIpc) is 2.28. The molecule has 0 aliphatic heterocycles. The van der Waals surface area contributed by atoms with Crippen molar-refractivity contribution in [3.05, 3.63) is 28.8 Å². The zero-order chi connectivity index (χ0) is 12.8. The van der Waals surface area contributed by atoms with Crippen molar-refractivity contribution < 1.29 is 0 Å². The third kappa shape index (κ3) is 3.86. The Bertz CT molecular complexity index is 387. The highest BCUT2D eigenvalue weighted by atomic mass is 35.5. The van der Waals surface area contributed by atoms with Crippen LogP contribution < -0.4 is 10.6 Å². The lowest BCUT2D eigenvalue weighted by Crippen LogP contribution is -2.27. The van der Waals surface area contributed by atoms with Gasteiger partial charge in [0.25, 0.3) is 0 Å². The van der Waals surface area contributed by atoms with Crippen LogP contribution in [0.4, 0.5) is 5.69 Å². The van der Waals surface area contributed by atoms with Crippen molar-refractivity contribution in [2.24, 2.45) is 5.73 Å². The molecule has 1 aromatic carbocycles. The zero-order valence-electron chi connectivity index (χ0n) is 10.4. The van der Waals surface area contributed by atoms with Gasteiger partial charge >= 0.3 is 0 Å². The number of thiocarbonyl (C=S) groups is 1. The Kier molecular flexibility index (Phi) is 5.72. The Morgan fingerprint density at radius 2 is 1.88 bits per heavy atom. The number of nitrogens with two attached hydrogens (primary N) is 1. The van der Waals surface area contributed by atoms with Crippen LogP contribution in [0.15, 0.2) is 18.2 Å². The Morgan fingerprint density at radius 3 is 2.35 bits per heavy atom. The molecule has 0 atom stereocenters. The minimum Gasteiger partial charge on any atom is -0.389 e. The van der Waals surface area contributed by atoms with Crippen molar-refractivity contribution >= 4 is 34.5 Å². The maximum atomic E-state index is 5.99. The third-order valence-corrected chi connectivity index (χ3v) is 3.01. The van der Waals surface area contributed by atoms with Gasteiger partial charge in [0, 0.05) is 29.4 Å². The van der Waals surface area contributed by atoms with E-state index in [4.69, 9.17) is 29.6 Å². The van der Waals surface area contributed by atoms with E-state index in [9.17, 15) is 0 Å². The van der Waals surface area contributed by atoms with Gasteiger partial charge in [0.05, 0.1) is 0 Å². The molecule has 2 N–H and O–H groups in total. The number of benzene rings is 1. The van der Waals surface area contributed by atoms with Gasteiger partial charge in [-0.3, -0.25) is 0 Å². The van der Waals surface area contributed by atoms with Crippen LogP contribution >= 0.6 is 23.8 Å². The number of hydrogen-bond acceptors (Lipinski definition) is 2. The van der Waals surface area contributed by atoms with Crippen molar-refractivity contribution in [3.63, 3.8) is 0 Å². The first-order chi connectivity index (χ1) is 8.10. The van der Waals surface area contributed by atoms with Gasteiger partial charge in [0.1, 0.15) is 4.99 Å². The fourth-order valence-corrected chi connectivity index (χ4v) is 2.21. The van der Waals surface area contributed by atoms with Gasteiger partial charge in [0.15, 0.2) is 0 Å². The predicted molar refractivity (Wildman–Crippen MR) is 80.1 cm³/mol. The van der Waals surface area contributed by atoms with Gasteiger partial charge in [-0.05, 0) is 31.0 Å². The Hall–Kier alpha value is -0.800. The second-order valence-electron chi connectivity index (χ2n) is 4.01. The molecule has 4 heteroatoms. The standard InChI is InChI=1S/C13H19ClN2S/c1-3-7-16(8-4-2)12-6-5-10(14)9-11(12)13(15)17/h5-6,9H,3-4,7-8H2,1-2H3,(H2,15,17). The fraction of sp³-hybridized carbons (Fsp3) is 0.462. The summed E-state index contributed by atoms with van der Waals surface area (Å²) in [6, 6.07) is 5.73. The first kappa shape index (κ1) is 14.3. The average molecular weight is 271 g/mol. The van der Waals surface area contributed by atoms with E-state index in [1.165, 1.54) is 0 Å². The van der Waals surface area contributed by atoms with Crippen molar-refractivity contribution in [2.75, 3.05) is 18.0 Å². The van der Waals surface area contributed by atoms with Crippen LogP contribution in [0.25, 0.3) is 0 Å². The summed E-state index contributed by atoms with van der Waals surface area (Å²) in [4.78, 5) is 2.71. The summed E-state index contributed by atoms with van der Waals surface area (Å²) < 4.78 is 0. The second-order valence-corrected chi connectivity index (χ2v) is 4.89. The molecule has 0 saturated carbocycles. The summed E-state index contributed by atoms with van der Waals surface area (Å²) in [6.45, 7) is 6.34. The molecule has 0 aliphatic rings. The lowest BCUT2D eigenvalue weighted by molar-refractivity contribution is 0.744. The topological polar surface area (TPSA) is 29.3 Å². The van der Waals surface area contributed by atoms with Gasteiger partial charge in [-0.15, -0.1) is 0 Å². The molecule has 0 fully saturated rings. The van der Waals surface area contributed by atoms with E-state index in [0.29, 0.717) is 10.0 Å². The molecule has 1 aromatic rings. The molecule has 0 bridgehead atoms. The molecule has 0 aromatic heterocycles. The summed E-state index contributed by atoms with van der Waals surface area (Å²) in [5, 5.41) is 0.671. The van der Waals surface area contributed by atoms with Crippen molar-refractivity contribution in [3.8, 4) is 0 Å². The smallest absolute Gasteiger partial charge is 0.106 e. The van der Waals surface area contributed by atoms with E-state index in [2.05, 4.69) is 18.7 Å².